The number of hydrogen-bond donors (Lipinski definition) is 1. The van der Waals surface area contributed by atoms with E-state index in [2.05, 4.69) is 0 Å². The third-order valence-electron chi connectivity index (χ3n) is 0.744. The Balaban J connectivity index is 0. The minimum absolute atomic E-state index is 0.167. The normalized spacial score (nSPS) is 15.3. The summed E-state index contributed by atoms with van der Waals surface area (Å²) in [6.45, 7) is 11.4. The summed E-state index contributed by atoms with van der Waals surface area (Å²) < 4.78 is 9.89. The summed E-state index contributed by atoms with van der Waals surface area (Å²) in [5.74, 6) is 0.167. The number of Topliss-reactive ketones (excluding diaryl/α,β-unsaturated/α-hetero) is 1. The van der Waals surface area contributed by atoms with E-state index in [0.29, 0.717) is 0 Å². The lowest BCUT2D eigenvalue weighted by Gasteiger charge is -2.09. The first-order chi connectivity index (χ1) is 6.73. The number of aliphatic hydroxyl groups is 1. The van der Waals surface area contributed by atoms with Crippen molar-refractivity contribution < 1.29 is 19.4 Å². The van der Waals surface area contributed by atoms with Crippen molar-refractivity contribution in [1.29, 1.82) is 0 Å². The molecule has 1 aliphatic rings. The van der Waals surface area contributed by atoms with Gasteiger partial charge in [-0.3, -0.25) is 0 Å². The van der Waals surface area contributed by atoms with Gasteiger partial charge in [0.05, 0.1) is 32.0 Å². The summed E-state index contributed by atoms with van der Waals surface area (Å²) >= 11 is 0. The van der Waals surface area contributed by atoms with Gasteiger partial charge < -0.3 is 19.4 Å². The minimum atomic E-state index is -0.500. The number of ketones is 1. The SMILES string of the molecule is C1COCCO1.CC(C)(C)O.CC(C)=O. The number of rotatable bonds is 0. The second kappa shape index (κ2) is 10.1. The van der Waals surface area contributed by atoms with Crippen LogP contribution in [0.4, 0.5) is 0 Å². The Labute approximate surface area is 92.6 Å². The topological polar surface area (TPSA) is 55.8 Å². The first kappa shape index (κ1) is 17.0. The summed E-state index contributed by atoms with van der Waals surface area (Å²) in [5.41, 5.74) is -0.500. The van der Waals surface area contributed by atoms with Crippen LogP contribution in [-0.4, -0.2) is 42.9 Å². The Hall–Kier alpha value is -0.450. The van der Waals surface area contributed by atoms with E-state index < -0.39 is 5.60 Å². The fourth-order valence-corrected chi connectivity index (χ4v) is 0.440. The number of carbonyl (C=O) groups excluding carboxylic acids is 1. The van der Waals surface area contributed by atoms with Crippen LogP contribution in [0.5, 0.6) is 0 Å². The van der Waals surface area contributed by atoms with Gasteiger partial charge in [-0.05, 0) is 34.6 Å². The molecular weight excluding hydrogens is 196 g/mol. The molecule has 1 rings (SSSR count). The zero-order valence-electron chi connectivity index (χ0n) is 10.5. The Kier molecular flexibility index (Phi) is 11.4. The molecule has 0 aliphatic carbocycles. The number of carbonyl (C=O) groups is 1. The number of ether oxygens (including phenoxy) is 2. The van der Waals surface area contributed by atoms with Crippen molar-refractivity contribution in [2.45, 2.75) is 40.2 Å². The van der Waals surface area contributed by atoms with Gasteiger partial charge in [0.15, 0.2) is 0 Å². The first-order valence-corrected chi connectivity index (χ1v) is 5.08. The molecular formula is C11H24O4. The lowest BCUT2D eigenvalue weighted by atomic mass is 10.2. The van der Waals surface area contributed by atoms with Crippen LogP contribution >= 0.6 is 0 Å². The molecule has 1 aliphatic heterocycles. The predicted molar refractivity (Wildman–Crippen MR) is 60.0 cm³/mol. The van der Waals surface area contributed by atoms with Crippen LogP contribution in [0.1, 0.15) is 34.6 Å². The zero-order valence-corrected chi connectivity index (χ0v) is 10.5. The molecule has 0 atom stereocenters. The van der Waals surface area contributed by atoms with E-state index in [-0.39, 0.29) is 5.78 Å². The van der Waals surface area contributed by atoms with Gasteiger partial charge in [0, 0.05) is 0 Å². The molecule has 4 heteroatoms. The monoisotopic (exact) mass is 220 g/mol. The van der Waals surface area contributed by atoms with Crippen LogP contribution in [0.3, 0.4) is 0 Å². The van der Waals surface area contributed by atoms with Crippen molar-refractivity contribution in [2.24, 2.45) is 0 Å². The fourth-order valence-electron chi connectivity index (χ4n) is 0.440. The van der Waals surface area contributed by atoms with Crippen molar-refractivity contribution >= 4 is 5.78 Å². The van der Waals surface area contributed by atoms with Gasteiger partial charge in [0.1, 0.15) is 5.78 Å². The van der Waals surface area contributed by atoms with Gasteiger partial charge in [0.2, 0.25) is 0 Å². The molecule has 0 aromatic carbocycles. The lowest BCUT2D eigenvalue weighted by molar-refractivity contribution is -0.114. The standard InChI is InChI=1S/C4H8O2.C4H10O.C3H6O/c1-2-6-4-3-5-1;1-4(2,3)5;1-3(2)4/h1-4H2;5H,1-3H3;1-2H3. The van der Waals surface area contributed by atoms with E-state index in [0.717, 1.165) is 26.4 Å². The van der Waals surface area contributed by atoms with Crippen molar-refractivity contribution in [1.82, 2.24) is 0 Å². The molecule has 1 saturated heterocycles. The number of hydrogen-bond acceptors (Lipinski definition) is 4. The average molecular weight is 220 g/mol. The van der Waals surface area contributed by atoms with Gasteiger partial charge in [-0.25, -0.2) is 0 Å². The summed E-state index contributed by atoms with van der Waals surface area (Å²) in [5, 5.41) is 8.52. The molecule has 0 amide bonds. The molecule has 0 spiro atoms. The molecule has 92 valence electrons. The minimum Gasteiger partial charge on any atom is -0.391 e. The molecule has 0 bridgehead atoms. The van der Waals surface area contributed by atoms with Crippen molar-refractivity contribution in [2.75, 3.05) is 26.4 Å². The van der Waals surface area contributed by atoms with Crippen molar-refractivity contribution in [3.8, 4) is 0 Å². The largest absolute Gasteiger partial charge is 0.391 e. The molecule has 15 heavy (non-hydrogen) atoms. The summed E-state index contributed by atoms with van der Waals surface area (Å²) in [7, 11) is 0. The van der Waals surface area contributed by atoms with Gasteiger partial charge in [0.25, 0.3) is 0 Å². The second-order valence-electron chi connectivity index (χ2n) is 4.30. The highest BCUT2D eigenvalue weighted by atomic mass is 16.6. The smallest absolute Gasteiger partial charge is 0.126 e. The molecule has 4 nitrogen and oxygen atoms in total. The van der Waals surface area contributed by atoms with Gasteiger partial charge in [-0.15, -0.1) is 0 Å². The van der Waals surface area contributed by atoms with E-state index in [1.807, 2.05) is 0 Å². The molecule has 0 aromatic heterocycles. The highest BCUT2D eigenvalue weighted by Crippen LogP contribution is 1.93. The summed E-state index contributed by atoms with van der Waals surface area (Å²) in [6, 6.07) is 0. The molecule has 0 unspecified atom stereocenters. The maximum atomic E-state index is 9.44. The van der Waals surface area contributed by atoms with Crippen LogP contribution in [-0.2, 0) is 14.3 Å². The van der Waals surface area contributed by atoms with Gasteiger partial charge in [-0.2, -0.15) is 0 Å². The second-order valence-corrected chi connectivity index (χ2v) is 4.30. The van der Waals surface area contributed by atoms with E-state index in [4.69, 9.17) is 14.6 Å². The lowest BCUT2D eigenvalue weighted by Crippen LogP contribution is -2.16. The van der Waals surface area contributed by atoms with Crippen LogP contribution < -0.4 is 0 Å². The van der Waals surface area contributed by atoms with E-state index >= 15 is 0 Å². The molecule has 1 heterocycles. The molecule has 0 radical (unpaired) electrons. The Morgan fingerprint density at radius 1 is 1.00 bits per heavy atom. The van der Waals surface area contributed by atoms with Crippen molar-refractivity contribution in [3.63, 3.8) is 0 Å². The maximum Gasteiger partial charge on any atom is 0.126 e. The Morgan fingerprint density at radius 2 is 1.13 bits per heavy atom. The summed E-state index contributed by atoms with van der Waals surface area (Å²) in [6.07, 6.45) is 0. The van der Waals surface area contributed by atoms with Gasteiger partial charge in [-0.1, -0.05) is 0 Å². The van der Waals surface area contributed by atoms with Crippen molar-refractivity contribution in [3.05, 3.63) is 0 Å². The van der Waals surface area contributed by atoms with Crippen LogP contribution in [0.2, 0.25) is 0 Å². The van der Waals surface area contributed by atoms with E-state index in [9.17, 15) is 4.79 Å². The molecule has 0 aromatic rings. The highest BCUT2D eigenvalue weighted by Gasteiger charge is 1.97. The highest BCUT2D eigenvalue weighted by molar-refractivity contribution is 5.72. The maximum absolute atomic E-state index is 9.44. The average Bonchev–Trinajstić information content (AvgIpc) is 2.03. The van der Waals surface area contributed by atoms with Crippen LogP contribution in [0.25, 0.3) is 0 Å². The van der Waals surface area contributed by atoms with E-state index in [1.54, 1.807) is 20.8 Å². The van der Waals surface area contributed by atoms with E-state index in [1.165, 1.54) is 13.8 Å². The predicted octanol–water partition coefficient (Wildman–Crippen LogP) is 1.41. The molecule has 0 saturated carbocycles. The van der Waals surface area contributed by atoms with Crippen LogP contribution in [0, 0.1) is 0 Å². The fraction of sp³-hybridized carbons (Fsp3) is 0.909. The molecule has 1 fully saturated rings. The third kappa shape index (κ3) is 58.7. The van der Waals surface area contributed by atoms with Gasteiger partial charge >= 0.3 is 0 Å². The summed E-state index contributed by atoms with van der Waals surface area (Å²) in [4.78, 5) is 9.44. The zero-order chi connectivity index (χ0) is 12.3. The first-order valence-electron chi connectivity index (χ1n) is 5.08. The molecule has 1 N–H and O–H groups in total. The third-order valence-corrected chi connectivity index (χ3v) is 0.744. The Bertz CT molecular complexity index is 124. The van der Waals surface area contributed by atoms with Crippen LogP contribution in [0.15, 0.2) is 0 Å². The Morgan fingerprint density at radius 3 is 1.20 bits per heavy atom. The quantitative estimate of drug-likeness (QED) is 0.670.